The van der Waals surface area contributed by atoms with Crippen molar-refractivity contribution < 1.29 is 8.78 Å². The SMILES string of the molecule is Fc1cccc(F)c1-n1ccc2c[c]ccc21. The van der Waals surface area contributed by atoms with Gasteiger partial charge in [0.1, 0.15) is 17.3 Å². The van der Waals surface area contributed by atoms with Gasteiger partial charge in [-0.2, -0.15) is 0 Å². The average Bonchev–Trinajstić information content (AvgIpc) is 2.73. The molecule has 3 rings (SSSR count). The second-order valence-electron chi connectivity index (χ2n) is 3.74. The van der Waals surface area contributed by atoms with E-state index in [0.29, 0.717) is 0 Å². The Labute approximate surface area is 96.9 Å². The Morgan fingerprint density at radius 3 is 2.53 bits per heavy atom. The van der Waals surface area contributed by atoms with Crippen LogP contribution in [0.15, 0.2) is 48.7 Å². The second-order valence-corrected chi connectivity index (χ2v) is 3.74. The normalized spacial score (nSPS) is 10.9. The van der Waals surface area contributed by atoms with Crippen molar-refractivity contribution in [3.63, 3.8) is 0 Å². The molecule has 0 atom stereocenters. The Morgan fingerprint density at radius 1 is 1.00 bits per heavy atom. The molecule has 2 aromatic carbocycles. The summed E-state index contributed by atoms with van der Waals surface area (Å²) in [4.78, 5) is 0. The highest BCUT2D eigenvalue weighted by Crippen LogP contribution is 2.23. The van der Waals surface area contributed by atoms with E-state index in [4.69, 9.17) is 0 Å². The summed E-state index contributed by atoms with van der Waals surface area (Å²) in [6.07, 6.45) is 1.65. The van der Waals surface area contributed by atoms with Crippen LogP contribution in [0.3, 0.4) is 0 Å². The van der Waals surface area contributed by atoms with Crippen molar-refractivity contribution in [2.45, 2.75) is 0 Å². The summed E-state index contributed by atoms with van der Waals surface area (Å²) in [7, 11) is 0. The highest BCUT2D eigenvalue weighted by atomic mass is 19.1. The van der Waals surface area contributed by atoms with Gasteiger partial charge in [0.15, 0.2) is 0 Å². The summed E-state index contributed by atoms with van der Waals surface area (Å²) in [6, 6.07) is 13.9. The van der Waals surface area contributed by atoms with E-state index in [-0.39, 0.29) is 5.69 Å². The standard InChI is InChI=1S/C14H8F2N/c15-11-5-3-6-12(16)14(11)17-9-8-10-4-1-2-7-13(10)17/h2-9H. The van der Waals surface area contributed by atoms with Crippen molar-refractivity contribution in [3.8, 4) is 5.69 Å². The largest absolute Gasteiger partial charge is 0.311 e. The molecular formula is C14H8F2N. The van der Waals surface area contributed by atoms with Gasteiger partial charge in [-0.1, -0.05) is 12.1 Å². The quantitative estimate of drug-likeness (QED) is 0.598. The molecule has 1 nitrogen and oxygen atoms in total. The fourth-order valence-corrected chi connectivity index (χ4v) is 1.94. The number of halogens is 2. The van der Waals surface area contributed by atoms with E-state index in [1.54, 1.807) is 30.5 Å². The predicted octanol–water partition coefficient (Wildman–Crippen LogP) is 3.71. The van der Waals surface area contributed by atoms with E-state index in [1.165, 1.54) is 22.8 Å². The lowest BCUT2D eigenvalue weighted by Gasteiger charge is -2.07. The van der Waals surface area contributed by atoms with Crippen LogP contribution in [0, 0.1) is 17.7 Å². The molecule has 0 spiro atoms. The molecule has 0 amide bonds. The van der Waals surface area contributed by atoms with Gasteiger partial charge in [0.2, 0.25) is 0 Å². The van der Waals surface area contributed by atoms with Gasteiger partial charge >= 0.3 is 0 Å². The molecule has 0 fully saturated rings. The van der Waals surface area contributed by atoms with Crippen LogP contribution in [0.1, 0.15) is 0 Å². The molecule has 0 N–H and O–H groups in total. The Hall–Kier alpha value is -2.16. The van der Waals surface area contributed by atoms with Gasteiger partial charge in [-0.15, -0.1) is 0 Å². The Bertz CT molecular complexity index is 665. The minimum Gasteiger partial charge on any atom is -0.311 e. The van der Waals surface area contributed by atoms with Gasteiger partial charge in [-0.25, -0.2) is 8.78 Å². The van der Waals surface area contributed by atoms with Crippen LogP contribution < -0.4 is 0 Å². The molecule has 1 radical (unpaired) electrons. The highest BCUT2D eigenvalue weighted by Gasteiger charge is 2.12. The molecule has 17 heavy (non-hydrogen) atoms. The van der Waals surface area contributed by atoms with Crippen LogP contribution in [0.4, 0.5) is 8.78 Å². The second kappa shape index (κ2) is 3.70. The van der Waals surface area contributed by atoms with Gasteiger partial charge in [0.05, 0.1) is 5.52 Å². The Morgan fingerprint density at radius 2 is 1.76 bits per heavy atom. The number of aromatic nitrogens is 1. The monoisotopic (exact) mass is 228 g/mol. The third kappa shape index (κ3) is 1.51. The summed E-state index contributed by atoms with van der Waals surface area (Å²) in [5.74, 6) is -1.15. The lowest BCUT2D eigenvalue weighted by atomic mass is 10.2. The third-order valence-electron chi connectivity index (χ3n) is 2.71. The van der Waals surface area contributed by atoms with Crippen LogP contribution in [0.2, 0.25) is 0 Å². The topological polar surface area (TPSA) is 4.93 Å². The molecule has 1 aromatic heterocycles. The third-order valence-corrected chi connectivity index (χ3v) is 2.71. The first kappa shape index (κ1) is 10.0. The summed E-state index contributed by atoms with van der Waals surface area (Å²) in [5.41, 5.74) is 0.710. The summed E-state index contributed by atoms with van der Waals surface area (Å²) in [6.45, 7) is 0. The Kier molecular flexibility index (Phi) is 2.18. The van der Waals surface area contributed by atoms with Crippen molar-refractivity contribution >= 4 is 10.9 Å². The molecule has 3 heteroatoms. The van der Waals surface area contributed by atoms with Crippen molar-refractivity contribution in [1.29, 1.82) is 0 Å². The zero-order valence-corrected chi connectivity index (χ0v) is 8.82. The maximum absolute atomic E-state index is 13.7. The average molecular weight is 228 g/mol. The minimum atomic E-state index is -0.574. The van der Waals surface area contributed by atoms with Crippen LogP contribution in [0.25, 0.3) is 16.6 Å². The molecule has 1 heterocycles. The first-order valence-electron chi connectivity index (χ1n) is 5.19. The van der Waals surface area contributed by atoms with Crippen LogP contribution in [-0.4, -0.2) is 4.57 Å². The molecule has 3 aromatic rings. The van der Waals surface area contributed by atoms with E-state index in [1.807, 2.05) is 0 Å². The molecule has 0 unspecified atom stereocenters. The Balaban J connectivity index is 2.35. The molecule has 0 bridgehead atoms. The molecular weight excluding hydrogens is 220 g/mol. The van der Waals surface area contributed by atoms with Crippen LogP contribution in [-0.2, 0) is 0 Å². The lowest BCUT2D eigenvalue weighted by Crippen LogP contribution is -1.99. The number of hydrogen-bond donors (Lipinski definition) is 0. The minimum absolute atomic E-state index is 0.0475. The number of para-hydroxylation sites is 1. The van der Waals surface area contributed by atoms with E-state index in [2.05, 4.69) is 6.07 Å². The molecule has 0 aliphatic carbocycles. The first-order valence-corrected chi connectivity index (χ1v) is 5.19. The fraction of sp³-hybridized carbons (Fsp3) is 0. The van der Waals surface area contributed by atoms with Crippen molar-refractivity contribution in [3.05, 3.63) is 66.4 Å². The fourth-order valence-electron chi connectivity index (χ4n) is 1.94. The number of nitrogens with zero attached hydrogens (tertiary/aromatic N) is 1. The first-order chi connectivity index (χ1) is 8.27. The molecule has 0 saturated carbocycles. The van der Waals surface area contributed by atoms with Gasteiger partial charge in [-0.3, -0.25) is 0 Å². The van der Waals surface area contributed by atoms with Gasteiger partial charge in [-0.05, 0) is 36.4 Å². The number of rotatable bonds is 1. The molecule has 83 valence electrons. The summed E-state index contributed by atoms with van der Waals surface area (Å²) >= 11 is 0. The number of benzene rings is 2. The van der Waals surface area contributed by atoms with Crippen LogP contribution >= 0.6 is 0 Å². The maximum atomic E-state index is 13.7. The summed E-state index contributed by atoms with van der Waals surface area (Å²) in [5, 5.41) is 0.898. The van der Waals surface area contributed by atoms with Gasteiger partial charge in [0.25, 0.3) is 0 Å². The van der Waals surface area contributed by atoms with Crippen molar-refractivity contribution in [2.24, 2.45) is 0 Å². The maximum Gasteiger partial charge on any atom is 0.150 e. The van der Waals surface area contributed by atoms with Crippen molar-refractivity contribution in [2.75, 3.05) is 0 Å². The number of hydrogen-bond acceptors (Lipinski definition) is 0. The van der Waals surface area contributed by atoms with E-state index in [0.717, 1.165) is 10.9 Å². The van der Waals surface area contributed by atoms with Gasteiger partial charge < -0.3 is 4.57 Å². The predicted molar refractivity (Wildman–Crippen MR) is 62.0 cm³/mol. The van der Waals surface area contributed by atoms with Gasteiger partial charge in [0, 0.05) is 11.6 Å². The molecule has 0 aliphatic heterocycles. The van der Waals surface area contributed by atoms with Crippen LogP contribution in [0.5, 0.6) is 0 Å². The summed E-state index contributed by atoms with van der Waals surface area (Å²) < 4.78 is 28.9. The zero-order valence-electron chi connectivity index (χ0n) is 8.82. The highest BCUT2D eigenvalue weighted by molar-refractivity contribution is 5.81. The molecule has 0 saturated heterocycles. The molecule has 0 aliphatic rings. The number of fused-ring (bicyclic) bond motifs is 1. The smallest absolute Gasteiger partial charge is 0.150 e. The van der Waals surface area contributed by atoms with Crippen molar-refractivity contribution in [1.82, 2.24) is 4.57 Å². The van der Waals surface area contributed by atoms with E-state index >= 15 is 0 Å². The van der Waals surface area contributed by atoms with E-state index in [9.17, 15) is 8.78 Å². The lowest BCUT2D eigenvalue weighted by molar-refractivity contribution is 0.571. The zero-order chi connectivity index (χ0) is 11.8. The van der Waals surface area contributed by atoms with E-state index < -0.39 is 11.6 Å².